The normalized spacial score (nSPS) is 15.3. The van der Waals surface area contributed by atoms with Gasteiger partial charge in [0.15, 0.2) is 0 Å². The number of carbonyl (C=O) groups is 1. The standard InChI is InChI=1S/C20H28N4O/c1-16-14-19(17(2)24(16)15-18-8-4-5-9-21-18)20(25)22-10-13-23-11-6-3-7-12-23/h4-5,8-9,14H,3,6-7,10-13,15H2,1-2H3,(H,22,25). The molecule has 0 atom stereocenters. The summed E-state index contributed by atoms with van der Waals surface area (Å²) in [6.07, 6.45) is 5.70. The molecule has 0 spiro atoms. The number of aryl methyl sites for hydroxylation is 1. The Morgan fingerprint density at radius 1 is 1.20 bits per heavy atom. The number of nitrogens with zero attached hydrogens (tertiary/aromatic N) is 3. The average Bonchev–Trinajstić information content (AvgIpc) is 2.92. The lowest BCUT2D eigenvalue weighted by Crippen LogP contribution is -2.37. The van der Waals surface area contributed by atoms with Gasteiger partial charge in [-0.2, -0.15) is 0 Å². The number of piperidine rings is 1. The zero-order valence-corrected chi connectivity index (χ0v) is 15.3. The van der Waals surface area contributed by atoms with E-state index in [2.05, 4.69) is 19.8 Å². The number of aromatic nitrogens is 2. The third kappa shape index (κ3) is 4.48. The molecule has 5 nitrogen and oxygen atoms in total. The van der Waals surface area contributed by atoms with Crippen LogP contribution >= 0.6 is 0 Å². The Hall–Kier alpha value is -2.14. The van der Waals surface area contributed by atoms with Crippen LogP contribution in [0.4, 0.5) is 0 Å². The fraction of sp³-hybridized carbons (Fsp3) is 0.500. The Morgan fingerprint density at radius 3 is 2.72 bits per heavy atom. The summed E-state index contributed by atoms with van der Waals surface area (Å²) in [5.74, 6) is 0.0254. The van der Waals surface area contributed by atoms with Crippen LogP contribution < -0.4 is 5.32 Å². The number of rotatable bonds is 6. The third-order valence-electron chi connectivity index (χ3n) is 5.03. The van der Waals surface area contributed by atoms with Crippen LogP contribution in [-0.2, 0) is 6.54 Å². The molecular weight excluding hydrogens is 312 g/mol. The van der Waals surface area contributed by atoms with Gasteiger partial charge in [-0.15, -0.1) is 0 Å². The van der Waals surface area contributed by atoms with Crippen LogP contribution in [0.25, 0.3) is 0 Å². The summed E-state index contributed by atoms with van der Waals surface area (Å²) in [5.41, 5.74) is 3.86. The maximum atomic E-state index is 12.6. The molecule has 134 valence electrons. The number of amides is 1. The molecule has 1 amide bonds. The van der Waals surface area contributed by atoms with Gasteiger partial charge in [0.25, 0.3) is 5.91 Å². The summed E-state index contributed by atoms with van der Waals surface area (Å²) in [6.45, 7) is 8.72. The predicted molar refractivity (Wildman–Crippen MR) is 99.9 cm³/mol. The fourth-order valence-electron chi connectivity index (χ4n) is 3.53. The minimum absolute atomic E-state index is 0.0254. The van der Waals surface area contributed by atoms with E-state index in [-0.39, 0.29) is 5.91 Å². The van der Waals surface area contributed by atoms with Crippen LogP contribution in [0.1, 0.15) is 46.7 Å². The number of hydrogen-bond donors (Lipinski definition) is 1. The van der Waals surface area contributed by atoms with E-state index in [9.17, 15) is 4.79 Å². The highest BCUT2D eigenvalue weighted by atomic mass is 16.1. The van der Waals surface area contributed by atoms with Crippen molar-refractivity contribution < 1.29 is 4.79 Å². The van der Waals surface area contributed by atoms with Crippen molar-refractivity contribution in [2.24, 2.45) is 0 Å². The smallest absolute Gasteiger partial charge is 0.253 e. The summed E-state index contributed by atoms with van der Waals surface area (Å²) in [5, 5.41) is 3.08. The largest absolute Gasteiger partial charge is 0.351 e. The van der Waals surface area contributed by atoms with Crippen LogP contribution in [0, 0.1) is 13.8 Å². The highest BCUT2D eigenvalue weighted by Gasteiger charge is 2.16. The Kier molecular flexibility index (Phi) is 5.87. The highest BCUT2D eigenvalue weighted by Crippen LogP contribution is 2.16. The fourth-order valence-corrected chi connectivity index (χ4v) is 3.53. The first-order valence-electron chi connectivity index (χ1n) is 9.22. The molecule has 0 bridgehead atoms. The molecule has 2 aromatic rings. The van der Waals surface area contributed by atoms with E-state index in [1.54, 1.807) is 6.20 Å². The molecule has 0 unspecified atom stereocenters. The van der Waals surface area contributed by atoms with Crippen molar-refractivity contribution in [3.05, 3.63) is 53.1 Å². The molecule has 1 N–H and O–H groups in total. The highest BCUT2D eigenvalue weighted by molar-refractivity contribution is 5.95. The summed E-state index contributed by atoms with van der Waals surface area (Å²) < 4.78 is 2.15. The van der Waals surface area contributed by atoms with E-state index in [1.165, 1.54) is 19.3 Å². The molecule has 2 aromatic heterocycles. The zero-order valence-electron chi connectivity index (χ0n) is 15.3. The predicted octanol–water partition coefficient (Wildman–Crippen LogP) is 2.76. The van der Waals surface area contributed by atoms with Crippen molar-refractivity contribution in [2.45, 2.75) is 39.7 Å². The van der Waals surface area contributed by atoms with Gasteiger partial charge in [0.05, 0.1) is 17.8 Å². The molecular formula is C20H28N4O. The number of carbonyl (C=O) groups excluding carboxylic acids is 1. The first-order valence-corrected chi connectivity index (χ1v) is 9.22. The lowest BCUT2D eigenvalue weighted by Gasteiger charge is -2.26. The maximum Gasteiger partial charge on any atom is 0.253 e. The Morgan fingerprint density at radius 2 is 2.00 bits per heavy atom. The SMILES string of the molecule is Cc1cc(C(=O)NCCN2CCCCC2)c(C)n1Cc1ccccn1. The second kappa shape index (κ2) is 8.30. The number of likely N-dealkylation sites (tertiary alicyclic amines) is 1. The molecule has 0 saturated carbocycles. The van der Waals surface area contributed by atoms with E-state index < -0.39 is 0 Å². The van der Waals surface area contributed by atoms with Gasteiger partial charge in [0.1, 0.15) is 0 Å². The minimum atomic E-state index is 0.0254. The molecule has 3 heterocycles. The Bertz CT molecular complexity index is 702. The van der Waals surface area contributed by atoms with E-state index in [4.69, 9.17) is 0 Å². The van der Waals surface area contributed by atoms with Gasteiger partial charge >= 0.3 is 0 Å². The average molecular weight is 340 g/mol. The third-order valence-corrected chi connectivity index (χ3v) is 5.03. The first-order chi connectivity index (χ1) is 12.1. The molecule has 25 heavy (non-hydrogen) atoms. The van der Waals surface area contributed by atoms with Crippen LogP contribution in [0.2, 0.25) is 0 Å². The van der Waals surface area contributed by atoms with E-state index in [0.29, 0.717) is 13.1 Å². The molecule has 0 aliphatic carbocycles. The molecule has 1 aliphatic heterocycles. The molecule has 1 aliphatic rings. The van der Waals surface area contributed by atoms with Crippen LogP contribution in [-0.4, -0.2) is 46.5 Å². The van der Waals surface area contributed by atoms with Crippen molar-refractivity contribution in [1.29, 1.82) is 0 Å². The van der Waals surface area contributed by atoms with Gasteiger partial charge in [-0.1, -0.05) is 12.5 Å². The number of nitrogens with one attached hydrogen (secondary N) is 1. The van der Waals surface area contributed by atoms with E-state index in [1.807, 2.05) is 38.1 Å². The van der Waals surface area contributed by atoms with Crippen LogP contribution in [0.3, 0.4) is 0 Å². The van der Waals surface area contributed by atoms with Gasteiger partial charge in [0.2, 0.25) is 0 Å². The van der Waals surface area contributed by atoms with Crippen molar-refractivity contribution >= 4 is 5.91 Å². The zero-order chi connectivity index (χ0) is 17.6. The molecule has 1 fully saturated rings. The monoisotopic (exact) mass is 340 g/mol. The molecule has 5 heteroatoms. The number of hydrogen-bond acceptors (Lipinski definition) is 3. The summed E-state index contributed by atoms with van der Waals surface area (Å²) in [4.78, 5) is 19.4. The lowest BCUT2D eigenvalue weighted by molar-refractivity contribution is 0.0946. The quantitative estimate of drug-likeness (QED) is 0.880. The summed E-state index contributed by atoms with van der Waals surface area (Å²) >= 11 is 0. The first kappa shape index (κ1) is 17.7. The van der Waals surface area contributed by atoms with Crippen molar-refractivity contribution in [3.8, 4) is 0 Å². The van der Waals surface area contributed by atoms with Gasteiger partial charge in [-0.05, 0) is 58.0 Å². The van der Waals surface area contributed by atoms with Crippen molar-refractivity contribution in [3.63, 3.8) is 0 Å². The Labute approximate surface area is 150 Å². The van der Waals surface area contributed by atoms with Gasteiger partial charge in [0, 0.05) is 30.7 Å². The van der Waals surface area contributed by atoms with E-state index >= 15 is 0 Å². The second-order valence-electron chi connectivity index (χ2n) is 6.85. The number of pyridine rings is 1. The molecule has 1 saturated heterocycles. The molecule has 3 rings (SSSR count). The van der Waals surface area contributed by atoms with Gasteiger partial charge in [-0.3, -0.25) is 9.78 Å². The van der Waals surface area contributed by atoms with Gasteiger partial charge in [-0.25, -0.2) is 0 Å². The van der Waals surface area contributed by atoms with Crippen molar-refractivity contribution in [2.75, 3.05) is 26.2 Å². The van der Waals surface area contributed by atoms with Gasteiger partial charge < -0.3 is 14.8 Å². The molecule has 0 radical (unpaired) electrons. The summed E-state index contributed by atoms with van der Waals surface area (Å²) in [6, 6.07) is 7.90. The van der Waals surface area contributed by atoms with Crippen molar-refractivity contribution in [1.82, 2.24) is 19.8 Å². The minimum Gasteiger partial charge on any atom is -0.351 e. The van der Waals surface area contributed by atoms with Crippen LogP contribution in [0.5, 0.6) is 0 Å². The second-order valence-corrected chi connectivity index (χ2v) is 6.85. The lowest BCUT2D eigenvalue weighted by atomic mass is 10.1. The van der Waals surface area contributed by atoms with Crippen LogP contribution in [0.15, 0.2) is 30.5 Å². The van der Waals surface area contributed by atoms with E-state index in [0.717, 1.165) is 42.3 Å². The molecule has 0 aromatic carbocycles. The maximum absolute atomic E-state index is 12.6. The Balaban J connectivity index is 1.60. The summed E-state index contributed by atoms with van der Waals surface area (Å²) in [7, 11) is 0. The topological polar surface area (TPSA) is 50.2 Å².